The molecule has 2 amide bonds. The van der Waals surface area contributed by atoms with Crippen molar-refractivity contribution in [2.75, 3.05) is 30.3 Å². The standard InChI is InChI=1S/C19H22IN3O2/c1-3-23(4-2)19(25)14-5-9-17(10-6-14)22-18(24)13-21-16-11-7-15(20)8-12-16/h5-12,21H,3-4,13H2,1-2H3,(H,22,24). The zero-order valence-electron chi connectivity index (χ0n) is 14.4. The first-order valence-electron chi connectivity index (χ1n) is 8.22. The van der Waals surface area contributed by atoms with Gasteiger partial charge < -0.3 is 15.5 Å². The van der Waals surface area contributed by atoms with Gasteiger partial charge in [0.25, 0.3) is 5.91 Å². The molecule has 132 valence electrons. The van der Waals surface area contributed by atoms with Gasteiger partial charge in [-0.3, -0.25) is 9.59 Å². The summed E-state index contributed by atoms with van der Waals surface area (Å²) in [4.78, 5) is 26.0. The number of halogens is 1. The van der Waals surface area contributed by atoms with Crippen LogP contribution in [0.2, 0.25) is 0 Å². The van der Waals surface area contributed by atoms with E-state index in [1.54, 1.807) is 29.2 Å². The Morgan fingerprint density at radius 2 is 1.48 bits per heavy atom. The molecular formula is C19H22IN3O2. The minimum atomic E-state index is -0.138. The van der Waals surface area contributed by atoms with Crippen molar-refractivity contribution >= 4 is 45.8 Å². The highest BCUT2D eigenvalue weighted by Crippen LogP contribution is 2.13. The smallest absolute Gasteiger partial charge is 0.253 e. The van der Waals surface area contributed by atoms with E-state index in [0.29, 0.717) is 24.3 Å². The molecule has 0 aliphatic rings. The summed E-state index contributed by atoms with van der Waals surface area (Å²) >= 11 is 2.24. The summed E-state index contributed by atoms with van der Waals surface area (Å²) in [5.74, 6) is -0.135. The van der Waals surface area contributed by atoms with E-state index in [9.17, 15) is 9.59 Å². The molecule has 0 saturated carbocycles. The van der Waals surface area contributed by atoms with Crippen molar-refractivity contribution < 1.29 is 9.59 Å². The quantitative estimate of drug-likeness (QED) is 0.630. The number of hydrogen-bond acceptors (Lipinski definition) is 3. The van der Waals surface area contributed by atoms with Crippen LogP contribution in [0.1, 0.15) is 24.2 Å². The van der Waals surface area contributed by atoms with E-state index in [1.807, 2.05) is 38.1 Å². The van der Waals surface area contributed by atoms with Gasteiger partial charge in [0.15, 0.2) is 0 Å². The van der Waals surface area contributed by atoms with Crippen molar-refractivity contribution in [3.63, 3.8) is 0 Å². The Bertz CT molecular complexity index is 710. The summed E-state index contributed by atoms with van der Waals surface area (Å²) in [5, 5.41) is 5.89. The lowest BCUT2D eigenvalue weighted by Gasteiger charge is -2.18. The third-order valence-electron chi connectivity index (χ3n) is 3.76. The van der Waals surface area contributed by atoms with Crippen LogP contribution < -0.4 is 10.6 Å². The number of anilines is 2. The third-order valence-corrected chi connectivity index (χ3v) is 4.48. The fraction of sp³-hybridized carbons (Fsp3) is 0.263. The molecule has 0 unspecified atom stereocenters. The summed E-state index contributed by atoms with van der Waals surface area (Å²) in [5.41, 5.74) is 2.19. The molecule has 0 aliphatic heterocycles. The second kappa shape index (κ2) is 9.41. The highest BCUT2D eigenvalue weighted by Gasteiger charge is 2.12. The second-order valence-electron chi connectivity index (χ2n) is 5.46. The summed E-state index contributed by atoms with van der Waals surface area (Å²) in [6.45, 7) is 5.45. The Balaban J connectivity index is 1.88. The Labute approximate surface area is 161 Å². The first-order valence-corrected chi connectivity index (χ1v) is 9.30. The van der Waals surface area contributed by atoms with E-state index in [-0.39, 0.29) is 18.4 Å². The monoisotopic (exact) mass is 451 g/mol. The van der Waals surface area contributed by atoms with Gasteiger partial charge in [-0.1, -0.05) is 0 Å². The molecule has 5 nitrogen and oxygen atoms in total. The van der Waals surface area contributed by atoms with Gasteiger partial charge in [0.2, 0.25) is 5.91 Å². The fourth-order valence-electron chi connectivity index (χ4n) is 2.34. The predicted molar refractivity (Wildman–Crippen MR) is 110 cm³/mol. The summed E-state index contributed by atoms with van der Waals surface area (Å²) in [6, 6.07) is 14.8. The molecule has 2 rings (SSSR count). The molecule has 0 heterocycles. The number of carbonyl (C=O) groups excluding carboxylic acids is 2. The van der Waals surface area contributed by atoms with Crippen LogP contribution in [0.25, 0.3) is 0 Å². The van der Waals surface area contributed by atoms with Crippen LogP contribution in [0.4, 0.5) is 11.4 Å². The Hall–Kier alpha value is -2.09. The van der Waals surface area contributed by atoms with Crippen molar-refractivity contribution in [2.24, 2.45) is 0 Å². The predicted octanol–water partition coefficient (Wildman–Crippen LogP) is 3.82. The van der Waals surface area contributed by atoms with Crippen molar-refractivity contribution in [3.05, 3.63) is 57.7 Å². The normalized spacial score (nSPS) is 10.2. The van der Waals surface area contributed by atoms with Crippen LogP contribution >= 0.6 is 22.6 Å². The van der Waals surface area contributed by atoms with E-state index in [0.717, 1.165) is 9.26 Å². The Morgan fingerprint density at radius 3 is 2.04 bits per heavy atom. The number of carbonyl (C=O) groups is 2. The molecule has 6 heteroatoms. The van der Waals surface area contributed by atoms with E-state index in [2.05, 4.69) is 33.2 Å². The van der Waals surface area contributed by atoms with Crippen LogP contribution in [-0.2, 0) is 4.79 Å². The lowest BCUT2D eigenvalue weighted by molar-refractivity contribution is -0.114. The molecule has 0 fully saturated rings. The molecule has 0 aliphatic carbocycles. The zero-order chi connectivity index (χ0) is 18.2. The van der Waals surface area contributed by atoms with Crippen LogP contribution in [0.3, 0.4) is 0 Å². The number of amides is 2. The lowest BCUT2D eigenvalue weighted by atomic mass is 10.1. The Morgan fingerprint density at radius 1 is 0.920 bits per heavy atom. The second-order valence-corrected chi connectivity index (χ2v) is 6.71. The average Bonchev–Trinajstić information content (AvgIpc) is 2.63. The maximum atomic E-state index is 12.3. The van der Waals surface area contributed by atoms with Gasteiger partial charge in [-0.2, -0.15) is 0 Å². The first-order chi connectivity index (χ1) is 12.0. The molecule has 2 aromatic rings. The molecule has 0 bridgehead atoms. The van der Waals surface area contributed by atoms with E-state index < -0.39 is 0 Å². The largest absolute Gasteiger partial charge is 0.376 e. The zero-order valence-corrected chi connectivity index (χ0v) is 16.5. The number of hydrogen-bond donors (Lipinski definition) is 2. The molecule has 0 radical (unpaired) electrons. The minimum Gasteiger partial charge on any atom is -0.376 e. The maximum Gasteiger partial charge on any atom is 0.253 e. The van der Waals surface area contributed by atoms with Crippen molar-refractivity contribution in [1.82, 2.24) is 4.90 Å². The number of benzene rings is 2. The fourth-order valence-corrected chi connectivity index (χ4v) is 2.70. The topological polar surface area (TPSA) is 61.4 Å². The molecule has 0 aromatic heterocycles. The van der Waals surface area contributed by atoms with Gasteiger partial charge in [0, 0.05) is 33.6 Å². The first kappa shape index (κ1) is 19.2. The highest BCUT2D eigenvalue weighted by atomic mass is 127. The van der Waals surface area contributed by atoms with Gasteiger partial charge in [0.05, 0.1) is 6.54 Å². The molecule has 0 spiro atoms. The number of nitrogens with zero attached hydrogens (tertiary/aromatic N) is 1. The summed E-state index contributed by atoms with van der Waals surface area (Å²) < 4.78 is 1.15. The molecule has 2 N–H and O–H groups in total. The van der Waals surface area contributed by atoms with E-state index in [4.69, 9.17) is 0 Å². The van der Waals surface area contributed by atoms with Gasteiger partial charge >= 0.3 is 0 Å². The van der Waals surface area contributed by atoms with Crippen LogP contribution in [0, 0.1) is 3.57 Å². The highest BCUT2D eigenvalue weighted by molar-refractivity contribution is 14.1. The summed E-state index contributed by atoms with van der Waals surface area (Å²) in [7, 11) is 0. The van der Waals surface area contributed by atoms with E-state index in [1.165, 1.54) is 0 Å². The lowest BCUT2D eigenvalue weighted by Crippen LogP contribution is -2.30. The summed E-state index contributed by atoms with van der Waals surface area (Å²) in [6.07, 6.45) is 0. The van der Waals surface area contributed by atoms with Gasteiger partial charge in [0.1, 0.15) is 0 Å². The third kappa shape index (κ3) is 5.74. The number of nitrogens with one attached hydrogen (secondary N) is 2. The van der Waals surface area contributed by atoms with Gasteiger partial charge in [-0.15, -0.1) is 0 Å². The SMILES string of the molecule is CCN(CC)C(=O)c1ccc(NC(=O)CNc2ccc(I)cc2)cc1. The molecular weight excluding hydrogens is 429 g/mol. The average molecular weight is 451 g/mol. The van der Waals surface area contributed by atoms with Gasteiger partial charge in [-0.25, -0.2) is 0 Å². The van der Waals surface area contributed by atoms with Crippen molar-refractivity contribution in [2.45, 2.75) is 13.8 Å². The molecule has 0 saturated heterocycles. The van der Waals surface area contributed by atoms with Gasteiger partial charge in [-0.05, 0) is 85.0 Å². The van der Waals surface area contributed by atoms with Crippen molar-refractivity contribution in [1.29, 1.82) is 0 Å². The molecule has 0 atom stereocenters. The van der Waals surface area contributed by atoms with Crippen LogP contribution in [0.5, 0.6) is 0 Å². The number of rotatable bonds is 7. The van der Waals surface area contributed by atoms with Crippen LogP contribution in [-0.4, -0.2) is 36.3 Å². The molecule has 2 aromatic carbocycles. The Kier molecular flexibility index (Phi) is 7.24. The minimum absolute atomic E-state index is 0.00301. The maximum absolute atomic E-state index is 12.3. The van der Waals surface area contributed by atoms with Crippen LogP contribution in [0.15, 0.2) is 48.5 Å². The van der Waals surface area contributed by atoms with Crippen molar-refractivity contribution in [3.8, 4) is 0 Å². The molecule has 25 heavy (non-hydrogen) atoms. The van der Waals surface area contributed by atoms with E-state index >= 15 is 0 Å².